The zero-order valence-electron chi connectivity index (χ0n) is 12.8. The molecule has 3 aromatic rings. The summed E-state index contributed by atoms with van der Waals surface area (Å²) in [5.74, 6) is 0. The van der Waals surface area contributed by atoms with Crippen LogP contribution in [0.25, 0.3) is 11.3 Å². The van der Waals surface area contributed by atoms with Gasteiger partial charge in [0, 0.05) is 0 Å². The zero-order valence-corrected chi connectivity index (χ0v) is 15.8. The predicted octanol–water partition coefficient (Wildman–Crippen LogP) is 3.05. The van der Waals surface area contributed by atoms with Crippen LogP contribution >= 0.6 is 0 Å². The zero-order chi connectivity index (χ0) is 16.1. The second-order valence-electron chi connectivity index (χ2n) is 5.02. The first kappa shape index (κ1) is 16.0. The Hall–Kier alpha value is -1.90. The molecule has 0 spiro atoms. The number of aromatic nitrogens is 3. The average Bonchev–Trinajstić information content (AvgIpc) is 3.00. The quantitative estimate of drug-likeness (QED) is 0.551. The molecule has 23 heavy (non-hydrogen) atoms. The Morgan fingerprint density at radius 2 is 1.70 bits per heavy atom. The van der Waals surface area contributed by atoms with Crippen LogP contribution < -0.4 is 0 Å². The van der Waals surface area contributed by atoms with E-state index in [0.29, 0.717) is 13.2 Å². The molecular weight excluding hydrogens is 458 g/mol. The Kier molecular flexibility index (Phi) is 5.26. The topological polar surface area (TPSA) is 39.9 Å². The van der Waals surface area contributed by atoms with E-state index in [2.05, 4.69) is 34.6 Å². The Balaban J connectivity index is 2.04. The van der Waals surface area contributed by atoms with Gasteiger partial charge in [0.15, 0.2) is 0 Å². The third-order valence-electron chi connectivity index (χ3n) is 3.43. The average molecular weight is 475 g/mol. The predicted molar refractivity (Wildman–Crippen MR) is 86.7 cm³/mol. The summed E-state index contributed by atoms with van der Waals surface area (Å²) >= 11 is 1.26. The van der Waals surface area contributed by atoms with Gasteiger partial charge in [-0.1, -0.05) is 0 Å². The van der Waals surface area contributed by atoms with Crippen LogP contribution in [-0.4, -0.2) is 25.7 Å². The summed E-state index contributed by atoms with van der Waals surface area (Å²) in [5.41, 5.74) is 4.14. The van der Waals surface area contributed by atoms with Crippen molar-refractivity contribution in [2.45, 2.75) is 13.5 Å². The Morgan fingerprint density at radius 3 is 2.35 bits per heavy atom. The van der Waals surface area contributed by atoms with E-state index in [-0.39, 0.29) is 0 Å². The van der Waals surface area contributed by atoms with Gasteiger partial charge in [0.05, 0.1) is 0 Å². The van der Waals surface area contributed by atoms with E-state index >= 15 is 0 Å². The van der Waals surface area contributed by atoms with Gasteiger partial charge < -0.3 is 0 Å². The van der Waals surface area contributed by atoms with E-state index in [9.17, 15) is 0 Å². The minimum absolute atomic E-state index is 0.638. The fraction of sp³-hybridized carbons (Fsp3) is 0.167. The van der Waals surface area contributed by atoms with Crippen molar-refractivity contribution in [1.29, 1.82) is 0 Å². The Morgan fingerprint density at radius 1 is 1.04 bits per heavy atom. The van der Waals surface area contributed by atoms with Crippen LogP contribution in [0, 0.1) is 0 Å². The van der Waals surface area contributed by atoms with Gasteiger partial charge in [-0.15, -0.1) is 0 Å². The number of hydrogen-bond donors (Lipinski definition) is 0. The summed E-state index contributed by atoms with van der Waals surface area (Å²) in [6.07, 6.45) is 0. The maximum atomic E-state index is 5.69. The van der Waals surface area contributed by atoms with Gasteiger partial charge in [-0.05, 0) is 0 Å². The first-order chi connectivity index (χ1) is 11.3. The molecule has 116 valence electrons. The second kappa shape index (κ2) is 7.58. The molecule has 5 heteroatoms. The van der Waals surface area contributed by atoms with Gasteiger partial charge >= 0.3 is 146 Å². The first-order valence-corrected chi connectivity index (χ1v) is 8.96. The van der Waals surface area contributed by atoms with E-state index in [1.165, 1.54) is 24.9 Å². The molecule has 0 bridgehead atoms. The third-order valence-corrected chi connectivity index (χ3v) is 4.54. The summed E-state index contributed by atoms with van der Waals surface area (Å²) in [7, 11) is 0. The van der Waals surface area contributed by atoms with Crippen LogP contribution in [0.2, 0.25) is 0 Å². The standard InChI is InChI=1S/C18H17N3O.W/c1-2-22-14-17-18(16-11-7-4-8-12-16)21(20-19-17)13-15-9-5-3-6-10-15;/h3-12H,2,13H2,1H3;. The van der Waals surface area contributed by atoms with E-state index in [1.54, 1.807) is 0 Å². The third kappa shape index (κ3) is 3.71. The van der Waals surface area contributed by atoms with Crippen LogP contribution in [0.5, 0.6) is 0 Å². The molecule has 1 aromatic heterocycles. The van der Waals surface area contributed by atoms with Crippen molar-refractivity contribution in [2.75, 3.05) is 6.61 Å². The molecule has 0 N–H and O–H groups in total. The fourth-order valence-electron chi connectivity index (χ4n) is 2.40. The number of hydrogen-bond acceptors (Lipinski definition) is 3. The van der Waals surface area contributed by atoms with Gasteiger partial charge in [-0.2, -0.15) is 0 Å². The number of ether oxygens (including phenoxy) is 1. The van der Waals surface area contributed by atoms with Crippen LogP contribution in [0.1, 0.15) is 18.2 Å². The van der Waals surface area contributed by atoms with Crippen molar-refractivity contribution in [3.05, 3.63) is 71.9 Å². The van der Waals surface area contributed by atoms with Crippen molar-refractivity contribution in [1.82, 2.24) is 15.0 Å². The van der Waals surface area contributed by atoms with Crippen molar-refractivity contribution in [3.63, 3.8) is 0 Å². The molecule has 0 saturated carbocycles. The van der Waals surface area contributed by atoms with Crippen molar-refractivity contribution in [2.24, 2.45) is 0 Å². The molecular formula is C18H17N3OW. The van der Waals surface area contributed by atoms with Gasteiger partial charge in [0.25, 0.3) is 0 Å². The Bertz CT molecular complexity index is 785. The fourth-order valence-corrected chi connectivity index (χ4v) is 3.32. The van der Waals surface area contributed by atoms with Gasteiger partial charge in [0.2, 0.25) is 0 Å². The molecule has 1 heterocycles. The molecule has 0 saturated heterocycles. The van der Waals surface area contributed by atoms with Gasteiger partial charge in [0.1, 0.15) is 0 Å². The maximum absolute atomic E-state index is 5.69. The summed E-state index contributed by atoms with van der Waals surface area (Å²) in [4.78, 5) is 0. The van der Waals surface area contributed by atoms with Crippen LogP contribution in [0.3, 0.4) is 0 Å². The molecule has 0 fully saturated rings. The van der Waals surface area contributed by atoms with Crippen molar-refractivity contribution < 1.29 is 24.1 Å². The molecule has 0 aliphatic carbocycles. The first-order valence-electron chi connectivity index (χ1n) is 7.49. The molecule has 0 amide bonds. The monoisotopic (exact) mass is 475 g/mol. The molecule has 3 rings (SSSR count). The molecule has 0 radical (unpaired) electrons. The van der Waals surface area contributed by atoms with Crippen LogP contribution in [0.15, 0.2) is 60.7 Å². The van der Waals surface area contributed by atoms with E-state index in [0.717, 1.165) is 21.0 Å². The Labute approximate surface area is 146 Å². The normalized spacial score (nSPS) is 10.7. The summed E-state index contributed by atoms with van der Waals surface area (Å²) in [6.45, 7) is 3.31. The number of benzene rings is 2. The van der Waals surface area contributed by atoms with Crippen molar-refractivity contribution >= 4 is 4.08 Å². The van der Waals surface area contributed by atoms with E-state index in [4.69, 9.17) is 4.74 Å². The van der Waals surface area contributed by atoms with Crippen LogP contribution in [0.4, 0.5) is 0 Å². The summed E-state index contributed by atoms with van der Waals surface area (Å²) in [5, 5.41) is 8.75. The van der Waals surface area contributed by atoms with Gasteiger partial charge in [-0.25, -0.2) is 0 Å². The number of rotatable bonds is 6. The molecule has 0 aliphatic heterocycles. The summed E-state index contributed by atoms with van der Waals surface area (Å²) in [6, 6.07) is 20.5. The van der Waals surface area contributed by atoms with Crippen molar-refractivity contribution in [3.8, 4) is 11.3 Å². The number of nitrogens with zero attached hydrogens (tertiary/aromatic N) is 3. The molecule has 4 nitrogen and oxygen atoms in total. The minimum atomic E-state index is 0.638. The SMILES string of the molecule is CCO[C](=[W])c1nnn(Cc2ccccc2)c1-c1ccccc1. The van der Waals surface area contributed by atoms with E-state index in [1.807, 2.05) is 48.0 Å². The second-order valence-corrected chi connectivity index (χ2v) is 6.35. The summed E-state index contributed by atoms with van der Waals surface area (Å²) < 4.78 is 8.52. The molecule has 2 aromatic carbocycles. The molecule has 0 unspecified atom stereocenters. The molecule has 0 atom stereocenters. The van der Waals surface area contributed by atoms with Crippen LogP contribution in [-0.2, 0) is 30.6 Å². The molecule has 0 aliphatic rings. The van der Waals surface area contributed by atoms with E-state index < -0.39 is 0 Å². The van der Waals surface area contributed by atoms with Gasteiger partial charge in [-0.3, -0.25) is 0 Å².